The van der Waals surface area contributed by atoms with Gasteiger partial charge in [0.25, 0.3) is 0 Å². The fraction of sp³-hybridized carbons (Fsp3) is 0.310. The van der Waals surface area contributed by atoms with Crippen molar-refractivity contribution in [3.8, 4) is 0 Å². The Morgan fingerprint density at radius 1 is 0.950 bits per heavy atom. The lowest BCUT2D eigenvalue weighted by atomic mass is 10.0. The molecule has 0 aliphatic rings. The minimum absolute atomic E-state index is 0.0810. The summed E-state index contributed by atoms with van der Waals surface area (Å²) >= 11 is 15.9. The predicted octanol–water partition coefficient (Wildman–Crippen LogP) is 5.93. The van der Waals surface area contributed by atoms with E-state index in [-0.39, 0.29) is 40.5 Å². The zero-order valence-corrected chi connectivity index (χ0v) is 26.4. The zero-order chi connectivity index (χ0) is 29.4. The Hall–Kier alpha value is -2.59. The van der Waals surface area contributed by atoms with Gasteiger partial charge in [0.1, 0.15) is 12.6 Å². The molecule has 2 amide bonds. The number of amides is 2. The lowest BCUT2D eigenvalue weighted by Gasteiger charge is -2.34. The molecule has 1 atom stereocenters. The van der Waals surface area contributed by atoms with E-state index in [4.69, 9.17) is 23.2 Å². The van der Waals surface area contributed by atoms with Gasteiger partial charge >= 0.3 is 0 Å². The monoisotopic (exact) mass is 667 g/mol. The third-order valence-corrected chi connectivity index (χ3v) is 8.29. The van der Waals surface area contributed by atoms with E-state index in [1.54, 1.807) is 0 Å². The van der Waals surface area contributed by atoms with Crippen LogP contribution in [0.1, 0.15) is 25.0 Å². The van der Waals surface area contributed by atoms with Crippen LogP contribution in [0.3, 0.4) is 0 Å². The molecule has 3 rings (SSSR count). The smallest absolute Gasteiger partial charge is 0.244 e. The van der Waals surface area contributed by atoms with Crippen molar-refractivity contribution in [2.75, 3.05) is 23.7 Å². The Bertz CT molecular complexity index is 1420. The second-order valence-electron chi connectivity index (χ2n) is 9.86. The molecule has 0 bridgehead atoms. The van der Waals surface area contributed by atoms with Gasteiger partial charge in [-0.15, -0.1) is 0 Å². The van der Waals surface area contributed by atoms with Crippen LogP contribution in [0.2, 0.25) is 10.0 Å². The number of nitrogens with one attached hydrogen (secondary N) is 1. The molecule has 7 nitrogen and oxygen atoms in total. The van der Waals surface area contributed by atoms with Crippen LogP contribution in [0.5, 0.6) is 0 Å². The Morgan fingerprint density at radius 3 is 2.20 bits per heavy atom. The van der Waals surface area contributed by atoms with Gasteiger partial charge in [-0.25, -0.2) is 8.42 Å². The molecule has 11 heteroatoms. The van der Waals surface area contributed by atoms with Gasteiger partial charge in [-0.2, -0.15) is 0 Å². The van der Waals surface area contributed by atoms with Crippen molar-refractivity contribution in [1.82, 2.24) is 10.2 Å². The van der Waals surface area contributed by atoms with Crippen molar-refractivity contribution < 1.29 is 18.0 Å². The third-order valence-electron chi connectivity index (χ3n) is 6.08. The highest BCUT2D eigenvalue weighted by molar-refractivity contribution is 9.10. The Balaban J connectivity index is 2.06. The van der Waals surface area contributed by atoms with Crippen LogP contribution in [0.4, 0.5) is 5.69 Å². The topological polar surface area (TPSA) is 86.8 Å². The van der Waals surface area contributed by atoms with Crippen LogP contribution in [-0.4, -0.2) is 50.5 Å². The maximum atomic E-state index is 14.1. The largest absolute Gasteiger partial charge is 0.354 e. The second-order valence-corrected chi connectivity index (χ2v) is 13.5. The molecule has 0 heterocycles. The number of carbonyl (C=O) groups is 2. The molecule has 0 saturated carbocycles. The molecule has 0 radical (unpaired) electrons. The van der Waals surface area contributed by atoms with Gasteiger partial charge in [-0.05, 0) is 47.4 Å². The normalized spacial score (nSPS) is 12.2. The lowest BCUT2D eigenvalue weighted by molar-refractivity contribution is -0.140. The summed E-state index contributed by atoms with van der Waals surface area (Å²) in [7, 11) is -3.95. The maximum Gasteiger partial charge on any atom is 0.244 e. The molecule has 0 aliphatic heterocycles. The van der Waals surface area contributed by atoms with Crippen molar-refractivity contribution >= 4 is 66.7 Å². The van der Waals surface area contributed by atoms with Crippen LogP contribution in [0, 0.1) is 5.92 Å². The number of benzene rings is 3. The first kappa shape index (κ1) is 31.9. The zero-order valence-electron chi connectivity index (χ0n) is 22.5. The third kappa shape index (κ3) is 9.23. The first-order chi connectivity index (χ1) is 18.8. The van der Waals surface area contributed by atoms with Crippen LogP contribution in [0.15, 0.2) is 77.3 Å². The molecule has 0 aliphatic carbocycles. The van der Waals surface area contributed by atoms with E-state index in [0.29, 0.717) is 6.54 Å². The fourth-order valence-electron chi connectivity index (χ4n) is 4.03. The fourth-order valence-corrected chi connectivity index (χ4v) is 5.59. The molecule has 0 aromatic heterocycles. The van der Waals surface area contributed by atoms with Crippen LogP contribution < -0.4 is 9.62 Å². The molecule has 40 heavy (non-hydrogen) atoms. The average molecular weight is 669 g/mol. The number of halogens is 3. The van der Waals surface area contributed by atoms with Gasteiger partial charge in [0, 0.05) is 29.0 Å². The summed E-state index contributed by atoms with van der Waals surface area (Å²) in [5.74, 6) is -0.692. The Kier molecular flexibility index (Phi) is 11.5. The number of hydrogen-bond acceptors (Lipinski definition) is 4. The minimum Gasteiger partial charge on any atom is -0.354 e. The molecule has 0 saturated heterocycles. The summed E-state index contributed by atoms with van der Waals surface area (Å²) in [4.78, 5) is 29.1. The number of hydrogen-bond donors (Lipinski definition) is 1. The van der Waals surface area contributed by atoms with Gasteiger partial charge < -0.3 is 10.2 Å². The van der Waals surface area contributed by atoms with Gasteiger partial charge in [0.2, 0.25) is 21.8 Å². The van der Waals surface area contributed by atoms with Crippen LogP contribution in [0.25, 0.3) is 0 Å². The first-order valence-electron chi connectivity index (χ1n) is 12.6. The SMILES string of the molecule is CC(C)CNC(=O)[C@H](Cc1ccccc1)N(Cc1ccc(Br)cc1)C(=O)CN(c1cc(Cl)ccc1Cl)S(C)(=O)=O. The molecule has 214 valence electrons. The van der Waals surface area contributed by atoms with Crippen molar-refractivity contribution in [1.29, 1.82) is 0 Å². The van der Waals surface area contributed by atoms with Crippen LogP contribution in [-0.2, 0) is 32.6 Å². The van der Waals surface area contributed by atoms with Crippen molar-refractivity contribution in [2.45, 2.75) is 32.9 Å². The molecule has 0 spiro atoms. The molecular formula is C29H32BrCl2N3O4S. The Morgan fingerprint density at radius 2 is 1.60 bits per heavy atom. The maximum absolute atomic E-state index is 14.1. The molecule has 0 unspecified atom stereocenters. The molecule has 0 fully saturated rings. The quantitative estimate of drug-likeness (QED) is 0.259. The lowest BCUT2D eigenvalue weighted by Crippen LogP contribution is -2.53. The number of anilines is 1. The van der Waals surface area contributed by atoms with Crippen molar-refractivity contribution in [3.63, 3.8) is 0 Å². The van der Waals surface area contributed by atoms with E-state index in [2.05, 4.69) is 21.2 Å². The highest BCUT2D eigenvalue weighted by Crippen LogP contribution is 2.31. The Labute approximate surface area is 254 Å². The summed E-state index contributed by atoms with van der Waals surface area (Å²) in [6, 6.07) is 20.3. The summed E-state index contributed by atoms with van der Waals surface area (Å²) in [6.45, 7) is 3.90. The average Bonchev–Trinajstić information content (AvgIpc) is 2.90. The van der Waals surface area contributed by atoms with E-state index in [1.807, 2.05) is 68.4 Å². The van der Waals surface area contributed by atoms with Gasteiger partial charge in [0.15, 0.2) is 0 Å². The summed E-state index contributed by atoms with van der Waals surface area (Å²) in [5.41, 5.74) is 1.72. The molecular weight excluding hydrogens is 637 g/mol. The van der Waals surface area contributed by atoms with E-state index >= 15 is 0 Å². The number of carbonyl (C=O) groups excluding carboxylic acids is 2. The molecule has 3 aromatic rings. The summed E-state index contributed by atoms with van der Waals surface area (Å²) in [6.07, 6.45) is 1.23. The molecule has 3 aromatic carbocycles. The van der Waals surface area contributed by atoms with E-state index in [0.717, 1.165) is 26.2 Å². The van der Waals surface area contributed by atoms with Gasteiger partial charge in [-0.1, -0.05) is 95.4 Å². The van der Waals surface area contributed by atoms with E-state index in [1.165, 1.54) is 23.1 Å². The van der Waals surface area contributed by atoms with Crippen molar-refractivity contribution in [2.24, 2.45) is 5.92 Å². The number of rotatable bonds is 12. The first-order valence-corrected chi connectivity index (χ1v) is 16.0. The summed E-state index contributed by atoms with van der Waals surface area (Å²) in [5, 5.41) is 3.34. The van der Waals surface area contributed by atoms with Crippen molar-refractivity contribution in [3.05, 3.63) is 98.4 Å². The van der Waals surface area contributed by atoms with E-state index in [9.17, 15) is 18.0 Å². The van der Waals surface area contributed by atoms with Gasteiger partial charge in [-0.3, -0.25) is 13.9 Å². The second kappa shape index (κ2) is 14.3. The predicted molar refractivity (Wildman–Crippen MR) is 165 cm³/mol. The minimum atomic E-state index is -3.95. The van der Waals surface area contributed by atoms with Gasteiger partial charge in [0.05, 0.1) is 17.0 Å². The summed E-state index contributed by atoms with van der Waals surface area (Å²) < 4.78 is 27.6. The highest BCUT2D eigenvalue weighted by Gasteiger charge is 2.33. The standard InChI is InChI=1S/C29H32BrCl2N3O4S/c1-20(2)17-33-29(37)27(15-21-7-5-4-6-8-21)34(18-22-9-11-23(30)12-10-22)28(36)19-35(40(3,38)39)26-16-24(31)13-14-25(26)32/h4-14,16,20,27H,15,17-19H2,1-3H3,(H,33,37)/t27-/m0/s1. The molecule has 1 N–H and O–H groups in total. The van der Waals surface area contributed by atoms with Crippen LogP contribution >= 0.6 is 39.1 Å². The van der Waals surface area contributed by atoms with E-state index < -0.39 is 28.5 Å². The number of sulfonamides is 1. The number of nitrogens with zero attached hydrogens (tertiary/aromatic N) is 2. The highest BCUT2D eigenvalue weighted by atomic mass is 79.9.